The number of urea groups is 1. The Labute approximate surface area is 102 Å². The summed E-state index contributed by atoms with van der Waals surface area (Å²) in [6.07, 6.45) is 4.67. The monoisotopic (exact) mass is 242 g/mol. The van der Waals surface area contributed by atoms with Gasteiger partial charge in [0.2, 0.25) is 0 Å². The smallest absolute Gasteiger partial charge is 0.315 e. The van der Waals surface area contributed by atoms with Crippen LogP contribution in [0.3, 0.4) is 0 Å². The van der Waals surface area contributed by atoms with Crippen LogP contribution in [0.1, 0.15) is 46.0 Å². The molecule has 0 heterocycles. The Hall–Kier alpha value is -1.26. The molecule has 0 aromatic rings. The summed E-state index contributed by atoms with van der Waals surface area (Å²) >= 11 is 0. The molecule has 1 atom stereocenters. The Morgan fingerprint density at radius 1 is 1.41 bits per heavy atom. The van der Waals surface area contributed by atoms with E-state index in [2.05, 4.69) is 17.6 Å². The largest absolute Gasteiger partial charge is 0.481 e. The van der Waals surface area contributed by atoms with Gasteiger partial charge in [-0.1, -0.05) is 13.8 Å². The van der Waals surface area contributed by atoms with Crippen molar-refractivity contribution in [1.82, 2.24) is 10.6 Å². The van der Waals surface area contributed by atoms with Crippen molar-refractivity contribution in [1.29, 1.82) is 0 Å². The van der Waals surface area contributed by atoms with Gasteiger partial charge in [0.25, 0.3) is 0 Å². The van der Waals surface area contributed by atoms with Crippen LogP contribution in [0, 0.1) is 5.92 Å². The molecule has 5 nitrogen and oxygen atoms in total. The normalized spacial score (nSPS) is 18.9. The minimum Gasteiger partial charge on any atom is -0.481 e. The first-order chi connectivity index (χ1) is 7.99. The first-order valence-corrected chi connectivity index (χ1v) is 6.28. The second-order valence-corrected chi connectivity index (χ2v) is 4.90. The molecule has 1 unspecified atom stereocenters. The zero-order valence-electron chi connectivity index (χ0n) is 10.6. The van der Waals surface area contributed by atoms with Gasteiger partial charge in [0.15, 0.2) is 0 Å². The van der Waals surface area contributed by atoms with Gasteiger partial charge in [0.05, 0.1) is 5.92 Å². The third kappa shape index (κ3) is 3.91. The Morgan fingerprint density at radius 2 is 2.06 bits per heavy atom. The number of rotatable bonds is 6. The topological polar surface area (TPSA) is 78.4 Å². The molecule has 1 rings (SSSR count). The van der Waals surface area contributed by atoms with Crippen molar-refractivity contribution >= 4 is 12.0 Å². The van der Waals surface area contributed by atoms with E-state index in [9.17, 15) is 9.59 Å². The van der Waals surface area contributed by atoms with Gasteiger partial charge < -0.3 is 15.7 Å². The lowest BCUT2D eigenvalue weighted by atomic mass is 9.75. The van der Waals surface area contributed by atoms with Crippen LogP contribution in [0.5, 0.6) is 0 Å². The lowest BCUT2D eigenvalue weighted by molar-refractivity contribution is -0.141. The first kappa shape index (κ1) is 13.8. The molecule has 17 heavy (non-hydrogen) atoms. The molecule has 0 saturated heterocycles. The van der Waals surface area contributed by atoms with Gasteiger partial charge in [0.1, 0.15) is 0 Å². The third-order valence-electron chi connectivity index (χ3n) is 3.65. The number of hydrogen-bond acceptors (Lipinski definition) is 2. The summed E-state index contributed by atoms with van der Waals surface area (Å²) in [5.41, 5.74) is -0.0114. The van der Waals surface area contributed by atoms with E-state index in [-0.39, 0.29) is 11.6 Å². The number of carboxylic acid groups (broad SMARTS) is 1. The molecule has 5 heteroatoms. The molecule has 0 aromatic carbocycles. The van der Waals surface area contributed by atoms with Crippen molar-refractivity contribution in [2.75, 3.05) is 6.54 Å². The lowest BCUT2D eigenvalue weighted by Gasteiger charge is -2.41. The average Bonchev–Trinajstić information content (AvgIpc) is 2.23. The Bertz CT molecular complexity index is 282. The number of carboxylic acids is 1. The summed E-state index contributed by atoms with van der Waals surface area (Å²) in [5, 5.41) is 14.4. The SMILES string of the molecule is CCC1(NC(=O)NCCC(C)C(=O)O)CCC1. The third-order valence-corrected chi connectivity index (χ3v) is 3.65. The van der Waals surface area contributed by atoms with Crippen LogP contribution in [0.4, 0.5) is 4.79 Å². The molecular formula is C12H22N2O3. The highest BCUT2D eigenvalue weighted by Gasteiger charge is 2.36. The van der Waals surface area contributed by atoms with Crippen LogP contribution in [0.25, 0.3) is 0 Å². The molecule has 1 fully saturated rings. The molecule has 0 spiro atoms. The Morgan fingerprint density at radius 3 is 2.47 bits per heavy atom. The van der Waals surface area contributed by atoms with E-state index in [0.29, 0.717) is 13.0 Å². The van der Waals surface area contributed by atoms with Crippen molar-refractivity contribution in [3.8, 4) is 0 Å². The van der Waals surface area contributed by atoms with Gasteiger partial charge in [-0.25, -0.2) is 4.79 Å². The van der Waals surface area contributed by atoms with Gasteiger partial charge in [0, 0.05) is 12.1 Å². The summed E-state index contributed by atoms with van der Waals surface area (Å²) in [6, 6.07) is -0.177. The molecule has 2 amide bonds. The van der Waals surface area contributed by atoms with Crippen LogP contribution in [0.2, 0.25) is 0 Å². The second-order valence-electron chi connectivity index (χ2n) is 4.90. The number of carbonyl (C=O) groups excluding carboxylic acids is 1. The highest BCUT2D eigenvalue weighted by molar-refractivity contribution is 5.75. The molecule has 3 N–H and O–H groups in total. The predicted molar refractivity (Wildman–Crippen MR) is 64.8 cm³/mol. The highest BCUT2D eigenvalue weighted by atomic mass is 16.4. The van der Waals surface area contributed by atoms with Crippen molar-refractivity contribution in [2.45, 2.75) is 51.5 Å². The highest BCUT2D eigenvalue weighted by Crippen LogP contribution is 2.34. The zero-order valence-corrected chi connectivity index (χ0v) is 10.6. The van der Waals surface area contributed by atoms with Crippen LogP contribution < -0.4 is 10.6 Å². The maximum absolute atomic E-state index is 11.6. The number of aliphatic carboxylic acids is 1. The second kappa shape index (κ2) is 5.89. The number of carbonyl (C=O) groups is 2. The predicted octanol–water partition coefficient (Wildman–Crippen LogP) is 1.73. The van der Waals surface area contributed by atoms with Gasteiger partial charge in [-0.15, -0.1) is 0 Å². The van der Waals surface area contributed by atoms with E-state index in [1.54, 1.807) is 6.92 Å². The number of amides is 2. The van der Waals surface area contributed by atoms with E-state index in [1.807, 2.05) is 0 Å². The molecule has 0 aliphatic heterocycles. The Balaban J connectivity index is 2.19. The average molecular weight is 242 g/mol. The van der Waals surface area contributed by atoms with E-state index in [0.717, 1.165) is 19.3 Å². The van der Waals surface area contributed by atoms with Gasteiger partial charge in [-0.05, 0) is 32.1 Å². The number of hydrogen-bond donors (Lipinski definition) is 3. The summed E-state index contributed by atoms with van der Waals surface area (Å²) in [5.74, 6) is -1.24. The minimum atomic E-state index is -0.823. The quantitative estimate of drug-likeness (QED) is 0.663. The van der Waals surface area contributed by atoms with E-state index in [1.165, 1.54) is 6.42 Å². The summed E-state index contributed by atoms with van der Waals surface area (Å²) in [6.45, 7) is 4.12. The van der Waals surface area contributed by atoms with Crippen molar-refractivity contribution in [3.05, 3.63) is 0 Å². The van der Waals surface area contributed by atoms with Crippen LogP contribution in [0.15, 0.2) is 0 Å². The fourth-order valence-corrected chi connectivity index (χ4v) is 1.98. The van der Waals surface area contributed by atoms with E-state index in [4.69, 9.17) is 5.11 Å². The van der Waals surface area contributed by atoms with Gasteiger partial charge in [-0.2, -0.15) is 0 Å². The molecule has 0 aromatic heterocycles. The minimum absolute atomic E-state index is 0.0114. The molecule has 1 saturated carbocycles. The van der Waals surface area contributed by atoms with Gasteiger partial charge in [-0.3, -0.25) is 4.79 Å². The maximum atomic E-state index is 11.6. The standard InChI is InChI=1S/C12H22N2O3/c1-3-12(6-4-7-12)14-11(17)13-8-5-9(2)10(15)16/h9H,3-8H2,1-2H3,(H,15,16)(H2,13,14,17). The van der Waals surface area contributed by atoms with E-state index >= 15 is 0 Å². The molecule has 98 valence electrons. The molecule has 1 aliphatic carbocycles. The Kier molecular flexibility index (Phi) is 4.78. The fraction of sp³-hybridized carbons (Fsp3) is 0.833. The fourth-order valence-electron chi connectivity index (χ4n) is 1.98. The maximum Gasteiger partial charge on any atom is 0.315 e. The van der Waals surface area contributed by atoms with Gasteiger partial charge >= 0.3 is 12.0 Å². The zero-order chi connectivity index (χ0) is 12.9. The molecule has 0 bridgehead atoms. The number of nitrogens with one attached hydrogen (secondary N) is 2. The lowest BCUT2D eigenvalue weighted by Crippen LogP contribution is -2.56. The van der Waals surface area contributed by atoms with Crippen molar-refractivity contribution in [2.24, 2.45) is 5.92 Å². The van der Waals surface area contributed by atoms with Crippen LogP contribution in [-0.4, -0.2) is 29.2 Å². The summed E-state index contributed by atoms with van der Waals surface area (Å²) in [7, 11) is 0. The molecule has 0 radical (unpaired) electrons. The first-order valence-electron chi connectivity index (χ1n) is 6.28. The summed E-state index contributed by atoms with van der Waals surface area (Å²) in [4.78, 5) is 22.2. The van der Waals surface area contributed by atoms with Crippen molar-refractivity contribution < 1.29 is 14.7 Å². The van der Waals surface area contributed by atoms with Crippen molar-refractivity contribution in [3.63, 3.8) is 0 Å². The summed E-state index contributed by atoms with van der Waals surface area (Å²) < 4.78 is 0. The molecular weight excluding hydrogens is 220 g/mol. The van der Waals surface area contributed by atoms with E-state index < -0.39 is 11.9 Å². The molecule has 1 aliphatic rings. The van der Waals surface area contributed by atoms with Crippen LogP contribution in [-0.2, 0) is 4.79 Å². The van der Waals surface area contributed by atoms with Crippen LogP contribution >= 0.6 is 0 Å².